The van der Waals surface area contributed by atoms with Gasteiger partial charge in [-0.1, -0.05) is 164 Å². The fourth-order valence-electron chi connectivity index (χ4n) is 8.34. The van der Waals surface area contributed by atoms with Crippen LogP contribution in [0.2, 0.25) is 0 Å². The number of nitrogens with zero attached hydrogens (tertiary/aromatic N) is 1. The summed E-state index contributed by atoms with van der Waals surface area (Å²) in [6.45, 7) is 0. The number of hydrogen-bond donors (Lipinski definition) is 0. The van der Waals surface area contributed by atoms with Crippen LogP contribution in [-0.2, 0) is 0 Å². The first-order valence-electron chi connectivity index (χ1n) is 19.3. The van der Waals surface area contributed by atoms with Gasteiger partial charge in [-0.25, -0.2) is 0 Å². The van der Waals surface area contributed by atoms with E-state index in [1.807, 2.05) is 11.3 Å². The van der Waals surface area contributed by atoms with Gasteiger partial charge in [0.15, 0.2) is 0 Å². The molecule has 0 bridgehead atoms. The van der Waals surface area contributed by atoms with Gasteiger partial charge in [-0.15, -0.1) is 11.3 Å². The van der Waals surface area contributed by atoms with Gasteiger partial charge in [0.2, 0.25) is 0 Å². The lowest BCUT2D eigenvalue weighted by atomic mass is 9.98. The highest BCUT2D eigenvalue weighted by Gasteiger charge is 2.24. The van der Waals surface area contributed by atoms with Crippen LogP contribution in [0.5, 0.6) is 0 Å². The average Bonchev–Trinajstić information content (AvgIpc) is 3.87. The number of anilines is 3. The van der Waals surface area contributed by atoms with Crippen molar-refractivity contribution in [3.63, 3.8) is 0 Å². The van der Waals surface area contributed by atoms with Crippen LogP contribution in [0.3, 0.4) is 0 Å². The van der Waals surface area contributed by atoms with Crippen molar-refractivity contribution in [2.45, 2.75) is 0 Å². The molecule has 2 nitrogen and oxygen atoms in total. The van der Waals surface area contributed by atoms with Gasteiger partial charge in [-0.3, -0.25) is 0 Å². The molecule has 0 fully saturated rings. The standard InChI is InChI=1S/C54H35NOS/c1-4-13-36(14-5-1)38-23-25-39(26-24-38)40-27-30-43(31-28-40)55(47-20-12-22-50-52(47)46-32-29-42(35-51(46)57-50)37-15-6-2-7-16-37)48-34-33-44(41-17-8-3-9-18-41)54-53(48)45-19-10-11-21-49(45)56-54/h1-35H. The lowest BCUT2D eigenvalue weighted by Crippen LogP contribution is -2.11. The fourth-order valence-corrected chi connectivity index (χ4v) is 9.51. The minimum Gasteiger partial charge on any atom is -0.455 e. The van der Waals surface area contributed by atoms with Crippen LogP contribution in [0.1, 0.15) is 0 Å². The predicted molar refractivity (Wildman–Crippen MR) is 243 cm³/mol. The zero-order valence-corrected chi connectivity index (χ0v) is 31.8. The van der Waals surface area contributed by atoms with Crippen molar-refractivity contribution in [3.05, 3.63) is 212 Å². The van der Waals surface area contributed by atoms with E-state index in [9.17, 15) is 0 Å². The number of fused-ring (bicyclic) bond motifs is 6. The molecule has 0 spiro atoms. The Bertz CT molecular complexity index is 3200. The largest absolute Gasteiger partial charge is 0.455 e. The molecule has 11 aromatic rings. The Morgan fingerprint density at radius 1 is 0.351 bits per heavy atom. The highest BCUT2D eigenvalue weighted by molar-refractivity contribution is 7.26. The normalized spacial score (nSPS) is 11.5. The van der Waals surface area contributed by atoms with E-state index in [4.69, 9.17) is 4.42 Å². The van der Waals surface area contributed by atoms with Crippen LogP contribution < -0.4 is 4.90 Å². The quantitative estimate of drug-likeness (QED) is 0.162. The molecule has 0 atom stereocenters. The molecule has 0 radical (unpaired) electrons. The van der Waals surface area contributed by atoms with Crippen molar-refractivity contribution in [1.29, 1.82) is 0 Å². The Morgan fingerprint density at radius 2 is 0.895 bits per heavy atom. The third-order valence-corrected chi connectivity index (χ3v) is 12.2. The Labute approximate surface area is 335 Å². The van der Waals surface area contributed by atoms with E-state index in [-0.39, 0.29) is 0 Å². The monoisotopic (exact) mass is 745 g/mol. The maximum Gasteiger partial charge on any atom is 0.145 e. The topological polar surface area (TPSA) is 16.4 Å². The first-order chi connectivity index (χ1) is 28.3. The fraction of sp³-hybridized carbons (Fsp3) is 0. The summed E-state index contributed by atoms with van der Waals surface area (Å²) in [4.78, 5) is 2.45. The summed E-state index contributed by atoms with van der Waals surface area (Å²) in [6.07, 6.45) is 0. The molecular formula is C54H35NOS. The van der Waals surface area contributed by atoms with Crippen LogP contribution in [-0.4, -0.2) is 0 Å². The molecule has 0 aliphatic rings. The van der Waals surface area contributed by atoms with E-state index < -0.39 is 0 Å². The number of rotatable bonds is 7. The maximum absolute atomic E-state index is 6.79. The molecule has 2 heterocycles. The highest BCUT2D eigenvalue weighted by atomic mass is 32.1. The van der Waals surface area contributed by atoms with Gasteiger partial charge < -0.3 is 9.32 Å². The molecule has 57 heavy (non-hydrogen) atoms. The van der Waals surface area contributed by atoms with Crippen LogP contribution in [0.15, 0.2) is 217 Å². The summed E-state index contributed by atoms with van der Waals surface area (Å²) in [7, 11) is 0. The summed E-state index contributed by atoms with van der Waals surface area (Å²) >= 11 is 1.85. The van der Waals surface area contributed by atoms with E-state index in [1.54, 1.807) is 0 Å². The number of hydrogen-bond acceptors (Lipinski definition) is 3. The molecule has 0 amide bonds. The van der Waals surface area contributed by atoms with Crippen molar-refractivity contribution in [2.24, 2.45) is 0 Å². The Morgan fingerprint density at radius 3 is 1.58 bits per heavy atom. The highest BCUT2D eigenvalue weighted by Crippen LogP contribution is 2.50. The average molecular weight is 746 g/mol. The minimum absolute atomic E-state index is 0.874. The summed E-state index contributed by atoms with van der Waals surface area (Å²) < 4.78 is 9.31. The van der Waals surface area contributed by atoms with Gasteiger partial charge in [0.05, 0.1) is 16.8 Å². The molecule has 0 saturated carbocycles. The molecule has 0 unspecified atom stereocenters. The summed E-state index contributed by atoms with van der Waals surface area (Å²) in [5.41, 5.74) is 14.5. The molecule has 11 rings (SSSR count). The second-order valence-electron chi connectivity index (χ2n) is 14.5. The van der Waals surface area contributed by atoms with Gasteiger partial charge in [0.1, 0.15) is 11.2 Å². The first-order valence-corrected chi connectivity index (χ1v) is 20.1. The van der Waals surface area contributed by atoms with Gasteiger partial charge in [-0.05, 0) is 87.5 Å². The van der Waals surface area contributed by atoms with Crippen molar-refractivity contribution in [3.8, 4) is 44.5 Å². The van der Waals surface area contributed by atoms with E-state index in [1.165, 1.54) is 53.6 Å². The molecule has 0 N–H and O–H groups in total. The van der Waals surface area contributed by atoms with E-state index in [2.05, 4.69) is 217 Å². The van der Waals surface area contributed by atoms with Crippen LogP contribution >= 0.6 is 11.3 Å². The van der Waals surface area contributed by atoms with E-state index in [0.29, 0.717) is 0 Å². The van der Waals surface area contributed by atoms with Crippen molar-refractivity contribution >= 4 is 70.5 Å². The minimum atomic E-state index is 0.874. The van der Waals surface area contributed by atoms with Gasteiger partial charge in [-0.2, -0.15) is 0 Å². The summed E-state index contributed by atoms with van der Waals surface area (Å²) in [5.74, 6) is 0. The smallest absolute Gasteiger partial charge is 0.145 e. The number of thiophene rings is 1. The third kappa shape index (κ3) is 5.80. The second-order valence-corrected chi connectivity index (χ2v) is 15.5. The van der Waals surface area contributed by atoms with Gasteiger partial charge in [0, 0.05) is 36.8 Å². The van der Waals surface area contributed by atoms with Crippen LogP contribution in [0.25, 0.3) is 86.6 Å². The molecule has 0 aliphatic carbocycles. The zero-order valence-electron chi connectivity index (χ0n) is 31.0. The van der Waals surface area contributed by atoms with Gasteiger partial charge >= 0.3 is 0 Å². The zero-order chi connectivity index (χ0) is 37.7. The Balaban J connectivity index is 1.12. The lowest BCUT2D eigenvalue weighted by Gasteiger charge is -2.28. The molecule has 2 aromatic heterocycles. The number of para-hydroxylation sites is 1. The molecule has 0 saturated heterocycles. The molecular weight excluding hydrogens is 711 g/mol. The number of benzene rings is 9. The maximum atomic E-state index is 6.79. The Kier molecular flexibility index (Phi) is 8.04. The third-order valence-electron chi connectivity index (χ3n) is 11.1. The molecule has 9 aromatic carbocycles. The molecule has 0 aliphatic heterocycles. The SMILES string of the molecule is c1ccc(-c2ccc(-c3ccc(N(c4cccc5sc6cc(-c7ccccc7)ccc6c45)c4ccc(-c5ccccc5)c5oc6ccccc6c45)cc3)cc2)cc1. The van der Waals surface area contributed by atoms with Crippen molar-refractivity contribution < 1.29 is 4.42 Å². The van der Waals surface area contributed by atoms with Crippen molar-refractivity contribution in [2.75, 3.05) is 4.90 Å². The molecule has 3 heteroatoms. The van der Waals surface area contributed by atoms with E-state index in [0.717, 1.165) is 50.1 Å². The van der Waals surface area contributed by atoms with E-state index >= 15 is 0 Å². The van der Waals surface area contributed by atoms with Crippen molar-refractivity contribution in [1.82, 2.24) is 0 Å². The molecule has 268 valence electrons. The summed E-state index contributed by atoms with van der Waals surface area (Å²) in [5, 5.41) is 4.68. The second kappa shape index (κ2) is 13.8. The summed E-state index contributed by atoms with van der Waals surface area (Å²) in [6, 6.07) is 76.2. The van der Waals surface area contributed by atoms with Gasteiger partial charge in [0.25, 0.3) is 0 Å². The first kappa shape index (κ1) is 33.2. The van der Waals surface area contributed by atoms with Crippen LogP contribution in [0.4, 0.5) is 17.1 Å². The Hall–Kier alpha value is -7.20. The number of furan rings is 1. The predicted octanol–water partition coefficient (Wildman–Crippen LogP) is 16.1. The van der Waals surface area contributed by atoms with Crippen LogP contribution in [0, 0.1) is 0 Å². The lowest BCUT2D eigenvalue weighted by molar-refractivity contribution is 0.670.